The quantitative estimate of drug-likeness (QED) is 0.926. The van der Waals surface area contributed by atoms with Gasteiger partial charge in [-0.15, -0.1) is 0 Å². The second-order valence-electron chi connectivity index (χ2n) is 5.19. The van der Waals surface area contributed by atoms with E-state index in [0.717, 1.165) is 18.5 Å². The highest BCUT2D eigenvalue weighted by molar-refractivity contribution is 5.74. The molecule has 102 valence electrons. The van der Waals surface area contributed by atoms with Crippen molar-refractivity contribution in [2.45, 2.75) is 18.9 Å². The Morgan fingerprint density at radius 1 is 1.00 bits per heavy atom. The van der Waals surface area contributed by atoms with Gasteiger partial charge in [-0.05, 0) is 36.1 Å². The van der Waals surface area contributed by atoms with E-state index in [0.29, 0.717) is 0 Å². The first-order valence-corrected chi connectivity index (χ1v) is 6.84. The van der Waals surface area contributed by atoms with Crippen LogP contribution < -0.4 is 4.90 Å². The van der Waals surface area contributed by atoms with Gasteiger partial charge in [0.05, 0.1) is 0 Å². The first-order chi connectivity index (χ1) is 9.74. The molecule has 20 heavy (non-hydrogen) atoms. The molecule has 2 aromatic rings. The average molecular weight is 267 g/mol. The first kappa shape index (κ1) is 12.7. The summed E-state index contributed by atoms with van der Waals surface area (Å²) < 4.78 is 0. The van der Waals surface area contributed by atoms with Crippen LogP contribution in [0.4, 0.5) is 5.69 Å². The third-order valence-corrected chi connectivity index (χ3v) is 3.86. The summed E-state index contributed by atoms with van der Waals surface area (Å²) in [5.41, 5.74) is 3.65. The fourth-order valence-corrected chi connectivity index (χ4v) is 2.95. The number of fused-ring (bicyclic) bond motifs is 1. The van der Waals surface area contributed by atoms with E-state index in [1.54, 1.807) is 0 Å². The highest BCUT2D eigenvalue weighted by Gasteiger charge is 2.27. The number of para-hydroxylation sites is 1. The lowest BCUT2D eigenvalue weighted by molar-refractivity contribution is -0.135. The van der Waals surface area contributed by atoms with Gasteiger partial charge in [0.15, 0.2) is 0 Å². The Labute approximate surface area is 118 Å². The lowest BCUT2D eigenvalue weighted by Gasteiger charge is -2.29. The lowest BCUT2D eigenvalue weighted by atomic mass is 10.1. The Morgan fingerprint density at radius 2 is 1.55 bits per heavy atom. The van der Waals surface area contributed by atoms with Crippen molar-refractivity contribution in [3.8, 4) is 0 Å². The Kier molecular flexibility index (Phi) is 3.42. The van der Waals surface area contributed by atoms with Crippen molar-refractivity contribution < 1.29 is 9.90 Å². The van der Waals surface area contributed by atoms with Crippen molar-refractivity contribution in [2.24, 2.45) is 0 Å². The van der Waals surface area contributed by atoms with Gasteiger partial charge < -0.3 is 10.0 Å². The molecule has 1 aliphatic rings. The third-order valence-electron chi connectivity index (χ3n) is 3.86. The van der Waals surface area contributed by atoms with Crippen LogP contribution in [0.25, 0.3) is 0 Å². The molecule has 0 bridgehead atoms. The van der Waals surface area contributed by atoms with Crippen molar-refractivity contribution in [1.29, 1.82) is 0 Å². The van der Waals surface area contributed by atoms with Crippen molar-refractivity contribution in [3.05, 3.63) is 65.7 Å². The monoisotopic (exact) mass is 267 g/mol. The topological polar surface area (TPSA) is 40.5 Å². The second kappa shape index (κ2) is 5.37. The van der Waals surface area contributed by atoms with E-state index < -0.39 is 5.97 Å². The number of hydrogen-bond acceptors (Lipinski definition) is 2. The minimum absolute atomic E-state index is 0.0443. The fourth-order valence-electron chi connectivity index (χ4n) is 2.95. The van der Waals surface area contributed by atoms with Crippen LogP contribution in [0.15, 0.2) is 54.6 Å². The molecule has 0 heterocycles. The zero-order valence-electron chi connectivity index (χ0n) is 11.2. The zero-order chi connectivity index (χ0) is 13.9. The van der Waals surface area contributed by atoms with Crippen LogP contribution in [-0.4, -0.2) is 23.7 Å². The molecule has 2 aromatic carbocycles. The number of carboxylic acid groups (broad SMARTS) is 1. The first-order valence-electron chi connectivity index (χ1n) is 6.84. The van der Waals surface area contributed by atoms with Crippen LogP contribution in [-0.2, 0) is 17.6 Å². The van der Waals surface area contributed by atoms with Gasteiger partial charge >= 0.3 is 5.97 Å². The maximum Gasteiger partial charge on any atom is 0.323 e. The molecule has 0 spiro atoms. The van der Waals surface area contributed by atoms with E-state index in [2.05, 4.69) is 12.1 Å². The summed E-state index contributed by atoms with van der Waals surface area (Å²) in [6.45, 7) is 0.0443. The molecule has 0 fully saturated rings. The predicted octanol–water partition coefficient (Wildman–Crippen LogP) is 2.75. The van der Waals surface area contributed by atoms with E-state index in [9.17, 15) is 9.90 Å². The molecule has 0 amide bonds. The van der Waals surface area contributed by atoms with Crippen molar-refractivity contribution in [1.82, 2.24) is 0 Å². The Balaban J connectivity index is 1.87. The molecule has 0 atom stereocenters. The van der Waals surface area contributed by atoms with Crippen LogP contribution in [0.2, 0.25) is 0 Å². The number of rotatable bonds is 4. The molecule has 0 saturated carbocycles. The van der Waals surface area contributed by atoms with Crippen molar-refractivity contribution in [3.63, 3.8) is 0 Å². The van der Waals surface area contributed by atoms with Gasteiger partial charge in [-0.3, -0.25) is 4.79 Å². The van der Waals surface area contributed by atoms with Gasteiger partial charge in [0.2, 0.25) is 0 Å². The number of carboxylic acids is 1. The Bertz CT molecular complexity index is 584. The molecule has 3 heteroatoms. The predicted molar refractivity (Wildman–Crippen MR) is 79.1 cm³/mol. The minimum atomic E-state index is -0.787. The standard InChI is InChI=1S/C17H17NO2/c19-17(20)12-18(15-8-2-1-3-9-15)16-10-13-6-4-5-7-14(13)11-16/h1-9,16H,10-12H2,(H,19,20). The summed E-state index contributed by atoms with van der Waals surface area (Å²) in [6, 6.07) is 18.4. The average Bonchev–Trinajstić information content (AvgIpc) is 2.89. The lowest BCUT2D eigenvalue weighted by Crippen LogP contribution is -2.39. The summed E-state index contributed by atoms with van der Waals surface area (Å²) in [7, 11) is 0. The molecule has 1 N–H and O–H groups in total. The Morgan fingerprint density at radius 3 is 2.10 bits per heavy atom. The van der Waals surface area contributed by atoms with Crippen LogP contribution in [0.1, 0.15) is 11.1 Å². The molecule has 3 nitrogen and oxygen atoms in total. The van der Waals surface area contributed by atoms with Gasteiger partial charge in [-0.2, -0.15) is 0 Å². The largest absolute Gasteiger partial charge is 0.480 e. The number of anilines is 1. The van der Waals surface area contributed by atoms with E-state index in [1.165, 1.54) is 11.1 Å². The highest BCUT2D eigenvalue weighted by Crippen LogP contribution is 2.28. The highest BCUT2D eigenvalue weighted by atomic mass is 16.4. The van der Waals surface area contributed by atoms with Gasteiger partial charge in [0, 0.05) is 11.7 Å². The summed E-state index contributed by atoms with van der Waals surface area (Å²) in [5, 5.41) is 9.18. The molecule has 0 saturated heterocycles. The summed E-state index contributed by atoms with van der Waals surface area (Å²) in [6.07, 6.45) is 1.83. The SMILES string of the molecule is O=C(O)CN(c1ccccc1)C1Cc2ccccc2C1. The van der Waals surface area contributed by atoms with Gasteiger partial charge in [0.25, 0.3) is 0 Å². The molecule has 0 aliphatic heterocycles. The van der Waals surface area contributed by atoms with Crippen LogP contribution in [0.5, 0.6) is 0 Å². The number of nitrogens with zero attached hydrogens (tertiary/aromatic N) is 1. The molecule has 3 rings (SSSR count). The molecule has 1 aliphatic carbocycles. The van der Waals surface area contributed by atoms with E-state index >= 15 is 0 Å². The van der Waals surface area contributed by atoms with Crippen LogP contribution in [0.3, 0.4) is 0 Å². The Hall–Kier alpha value is -2.29. The molecule has 0 aromatic heterocycles. The van der Waals surface area contributed by atoms with Crippen LogP contribution >= 0.6 is 0 Å². The second-order valence-corrected chi connectivity index (χ2v) is 5.19. The summed E-state index contributed by atoms with van der Waals surface area (Å²) >= 11 is 0. The smallest absolute Gasteiger partial charge is 0.323 e. The fraction of sp³-hybridized carbons (Fsp3) is 0.235. The van der Waals surface area contributed by atoms with E-state index in [4.69, 9.17) is 0 Å². The molecular weight excluding hydrogens is 250 g/mol. The number of carbonyl (C=O) groups is 1. The van der Waals surface area contributed by atoms with E-state index in [1.807, 2.05) is 47.4 Å². The number of hydrogen-bond donors (Lipinski definition) is 1. The molecule has 0 radical (unpaired) electrons. The zero-order valence-corrected chi connectivity index (χ0v) is 11.2. The number of aliphatic carboxylic acids is 1. The van der Waals surface area contributed by atoms with Crippen LogP contribution in [0, 0.1) is 0 Å². The normalized spacial score (nSPS) is 14.0. The van der Waals surface area contributed by atoms with Gasteiger partial charge in [-0.1, -0.05) is 42.5 Å². The van der Waals surface area contributed by atoms with Gasteiger partial charge in [-0.25, -0.2) is 0 Å². The summed E-state index contributed by atoms with van der Waals surface area (Å²) in [4.78, 5) is 13.2. The number of benzene rings is 2. The minimum Gasteiger partial charge on any atom is -0.480 e. The van der Waals surface area contributed by atoms with Crippen molar-refractivity contribution >= 4 is 11.7 Å². The third kappa shape index (κ3) is 2.52. The maximum absolute atomic E-state index is 11.2. The van der Waals surface area contributed by atoms with E-state index in [-0.39, 0.29) is 12.6 Å². The van der Waals surface area contributed by atoms with Gasteiger partial charge in [0.1, 0.15) is 6.54 Å². The maximum atomic E-state index is 11.2. The summed E-state index contributed by atoms with van der Waals surface area (Å²) in [5.74, 6) is -0.787. The molecule has 0 unspecified atom stereocenters. The molecular formula is C17H17NO2. The van der Waals surface area contributed by atoms with Crippen molar-refractivity contribution in [2.75, 3.05) is 11.4 Å².